The third-order valence-electron chi connectivity index (χ3n) is 5.08. The average molecular weight is 256 g/mol. The Kier molecular flexibility index (Phi) is 2.50. The summed E-state index contributed by atoms with van der Waals surface area (Å²) in [6.07, 6.45) is 8.72. The van der Waals surface area contributed by atoms with E-state index < -0.39 is 0 Å². The number of nitrogens with zero attached hydrogens (tertiary/aromatic N) is 2. The molecule has 4 nitrogen and oxygen atoms in total. The Morgan fingerprint density at radius 3 is 2.79 bits per heavy atom. The van der Waals surface area contributed by atoms with Crippen molar-refractivity contribution in [3.8, 4) is 0 Å². The lowest BCUT2D eigenvalue weighted by molar-refractivity contribution is 0.0677. The highest BCUT2D eigenvalue weighted by atomic mass is 15.3. The van der Waals surface area contributed by atoms with Gasteiger partial charge in [0.2, 0.25) is 0 Å². The van der Waals surface area contributed by atoms with Gasteiger partial charge in [-0.1, -0.05) is 18.9 Å². The number of pyridine rings is 1. The first-order valence-corrected chi connectivity index (χ1v) is 7.35. The van der Waals surface area contributed by atoms with Gasteiger partial charge in [-0.25, -0.2) is 4.98 Å². The maximum Gasteiger partial charge on any atom is 0.197 e. The van der Waals surface area contributed by atoms with Gasteiger partial charge in [-0.3, -0.25) is 4.99 Å². The Labute approximate surface area is 113 Å². The summed E-state index contributed by atoms with van der Waals surface area (Å²) in [5.41, 5.74) is 0.248. The molecule has 1 aliphatic heterocycles. The number of hydrogen-bond donors (Lipinski definition) is 2. The highest BCUT2D eigenvalue weighted by molar-refractivity contribution is 5.94. The maximum atomic E-state index is 4.68. The van der Waals surface area contributed by atoms with Crippen LogP contribution < -0.4 is 10.6 Å². The van der Waals surface area contributed by atoms with E-state index in [1.165, 1.54) is 32.1 Å². The van der Waals surface area contributed by atoms with Crippen molar-refractivity contribution in [3.05, 3.63) is 24.4 Å². The van der Waals surface area contributed by atoms with E-state index in [1.807, 2.05) is 18.2 Å². The minimum absolute atomic E-state index is 0.248. The predicted molar refractivity (Wildman–Crippen MR) is 76.1 cm³/mol. The topological polar surface area (TPSA) is 49.3 Å². The van der Waals surface area contributed by atoms with Crippen LogP contribution in [0.15, 0.2) is 29.4 Å². The van der Waals surface area contributed by atoms with Crippen molar-refractivity contribution in [3.63, 3.8) is 0 Å². The molecule has 0 saturated heterocycles. The summed E-state index contributed by atoms with van der Waals surface area (Å²) in [5.74, 6) is 3.50. The fourth-order valence-corrected chi connectivity index (χ4v) is 4.11. The zero-order valence-corrected chi connectivity index (χ0v) is 11.1. The van der Waals surface area contributed by atoms with E-state index in [4.69, 9.17) is 0 Å². The molecule has 3 fully saturated rings. The molecule has 2 bridgehead atoms. The average Bonchev–Trinajstić information content (AvgIpc) is 2.84. The van der Waals surface area contributed by atoms with Gasteiger partial charge in [-0.05, 0) is 43.2 Å². The van der Waals surface area contributed by atoms with Crippen molar-refractivity contribution in [1.29, 1.82) is 0 Å². The molecule has 1 atom stereocenters. The molecule has 1 aromatic rings. The second-order valence-corrected chi connectivity index (χ2v) is 6.21. The van der Waals surface area contributed by atoms with Crippen molar-refractivity contribution in [2.75, 3.05) is 11.9 Å². The van der Waals surface area contributed by atoms with Gasteiger partial charge in [-0.2, -0.15) is 0 Å². The van der Waals surface area contributed by atoms with Crippen LogP contribution in [0.1, 0.15) is 32.1 Å². The number of aromatic nitrogens is 1. The van der Waals surface area contributed by atoms with Gasteiger partial charge in [-0.15, -0.1) is 0 Å². The van der Waals surface area contributed by atoms with E-state index in [1.54, 1.807) is 6.20 Å². The Morgan fingerprint density at radius 2 is 2.11 bits per heavy atom. The highest BCUT2D eigenvalue weighted by Gasteiger charge is 2.49. The van der Waals surface area contributed by atoms with Gasteiger partial charge >= 0.3 is 0 Å². The predicted octanol–water partition coefficient (Wildman–Crippen LogP) is 2.40. The molecule has 3 saturated carbocycles. The number of anilines is 1. The molecule has 3 aliphatic carbocycles. The first-order chi connectivity index (χ1) is 9.34. The van der Waals surface area contributed by atoms with Crippen LogP contribution in [0, 0.1) is 11.8 Å². The summed E-state index contributed by atoms with van der Waals surface area (Å²) < 4.78 is 0. The van der Waals surface area contributed by atoms with Gasteiger partial charge in [0.1, 0.15) is 5.82 Å². The molecule has 0 radical (unpaired) electrons. The molecular weight excluding hydrogens is 236 g/mol. The molecule has 1 aromatic heterocycles. The van der Waals surface area contributed by atoms with E-state index in [0.29, 0.717) is 0 Å². The highest BCUT2D eigenvalue weighted by Crippen LogP contribution is 2.48. The molecule has 4 heteroatoms. The summed E-state index contributed by atoms with van der Waals surface area (Å²) in [4.78, 5) is 8.97. The van der Waals surface area contributed by atoms with Crippen LogP contribution in [0.3, 0.4) is 0 Å². The zero-order valence-electron chi connectivity index (χ0n) is 11.1. The van der Waals surface area contributed by atoms with Crippen molar-refractivity contribution in [2.45, 2.75) is 37.6 Å². The maximum absolute atomic E-state index is 4.68. The Balaban J connectivity index is 1.48. The van der Waals surface area contributed by atoms with Crippen molar-refractivity contribution >= 4 is 11.8 Å². The standard InChI is InChI=1S/C15H20N4/c1-2-8-16-13(3-1)18-14-17-10-15(19-14)9-11-4-6-12(15)7-5-11/h1-3,8,11-12H,4-7,9-10H2,(H2,16,17,18,19). The number of hydrogen-bond acceptors (Lipinski definition) is 4. The molecule has 4 aliphatic rings. The third kappa shape index (κ3) is 1.90. The van der Waals surface area contributed by atoms with Crippen LogP contribution in [0.4, 0.5) is 5.82 Å². The quantitative estimate of drug-likeness (QED) is 0.811. The largest absolute Gasteiger partial charge is 0.348 e. The second-order valence-electron chi connectivity index (χ2n) is 6.21. The summed E-state index contributed by atoms with van der Waals surface area (Å²) in [5, 5.41) is 6.98. The van der Waals surface area contributed by atoms with Crippen molar-refractivity contribution < 1.29 is 0 Å². The van der Waals surface area contributed by atoms with Crippen LogP contribution >= 0.6 is 0 Å². The molecule has 1 spiro atoms. The third-order valence-corrected chi connectivity index (χ3v) is 5.08. The van der Waals surface area contributed by atoms with Crippen LogP contribution in [0.25, 0.3) is 0 Å². The molecule has 1 unspecified atom stereocenters. The fourth-order valence-electron chi connectivity index (χ4n) is 4.11. The van der Waals surface area contributed by atoms with E-state index in [0.717, 1.165) is 30.2 Å². The van der Waals surface area contributed by atoms with Crippen LogP contribution in [-0.4, -0.2) is 23.0 Å². The summed E-state index contributed by atoms with van der Waals surface area (Å²) in [6.45, 7) is 0.934. The Bertz CT molecular complexity index is 490. The van der Waals surface area contributed by atoms with E-state index in [2.05, 4.69) is 20.6 Å². The smallest absolute Gasteiger partial charge is 0.197 e. The van der Waals surface area contributed by atoms with E-state index >= 15 is 0 Å². The zero-order chi connectivity index (χ0) is 12.7. The minimum atomic E-state index is 0.248. The number of aliphatic imine (C=N–C) groups is 1. The lowest BCUT2D eigenvalue weighted by atomic mass is 9.60. The van der Waals surface area contributed by atoms with Crippen LogP contribution in [-0.2, 0) is 0 Å². The summed E-state index contributed by atoms with van der Waals surface area (Å²) in [7, 11) is 0. The number of fused-ring (bicyclic) bond motifs is 2. The van der Waals surface area contributed by atoms with Gasteiger partial charge in [0, 0.05) is 6.20 Å². The van der Waals surface area contributed by atoms with E-state index in [-0.39, 0.29) is 5.54 Å². The van der Waals surface area contributed by atoms with Gasteiger partial charge in [0.25, 0.3) is 0 Å². The van der Waals surface area contributed by atoms with Crippen molar-refractivity contribution in [1.82, 2.24) is 10.3 Å². The fraction of sp³-hybridized carbons (Fsp3) is 0.600. The normalized spacial score (nSPS) is 36.1. The second kappa shape index (κ2) is 4.22. The molecule has 100 valence electrons. The van der Waals surface area contributed by atoms with Crippen LogP contribution in [0.5, 0.6) is 0 Å². The number of guanidine groups is 1. The summed E-state index contributed by atoms with van der Waals surface area (Å²) in [6, 6.07) is 5.89. The number of nitrogens with one attached hydrogen (secondary N) is 2. The van der Waals surface area contributed by atoms with Crippen molar-refractivity contribution in [2.24, 2.45) is 16.8 Å². The molecule has 5 rings (SSSR count). The van der Waals surface area contributed by atoms with Gasteiger partial charge < -0.3 is 10.6 Å². The Morgan fingerprint density at radius 1 is 1.21 bits per heavy atom. The monoisotopic (exact) mass is 256 g/mol. The molecule has 0 amide bonds. The van der Waals surface area contributed by atoms with E-state index in [9.17, 15) is 0 Å². The molecule has 19 heavy (non-hydrogen) atoms. The van der Waals surface area contributed by atoms with Crippen LogP contribution in [0.2, 0.25) is 0 Å². The lowest BCUT2D eigenvalue weighted by Gasteiger charge is -2.49. The first-order valence-electron chi connectivity index (χ1n) is 7.35. The van der Waals surface area contributed by atoms with Gasteiger partial charge in [0.15, 0.2) is 5.96 Å². The first kappa shape index (κ1) is 11.3. The Hall–Kier alpha value is -1.58. The molecule has 2 N–H and O–H groups in total. The lowest BCUT2D eigenvalue weighted by Crippen LogP contribution is -2.58. The molecule has 2 heterocycles. The van der Waals surface area contributed by atoms with Gasteiger partial charge in [0.05, 0.1) is 12.1 Å². The summed E-state index contributed by atoms with van der Waals surface area (Å²) >= 11 is 0. The number of rotatable bonds is 1. The SMILES string of the molecule is c1ccc(NC2=NCC3(CC4CCC3CC4)N2)nc1. The minimum Gasteiger partial charge on any atom is -0.348 e. The molecule has 0 aromatic carbocycles. The molecular formula is C15H20N4.